The lowest BCUT2D eigenvalue weighted by Crippen LogP contribution is -2.29. The number of aryl methyl sites for hydroxylation is 1. The fraction of sp³-hybridized carbons (Fsp3) is 0.389. The number of methoxy groups -OCH3 is 1. The molecule has 1 atom stereocenters. The second-order valence-electron chi connectivity index (χ2n) is 6.56. The van der Waals surface area contributed by atoms with Crippen LogP contribution >= 0.6 is 11.8 Å². The van der Waals surface area contributed by atoms with E-state index in [1.807, 2.05) is 13.8 Å². The first-order valence-electron chi connectivity index (χ1n) is 8.45. The Kier molecular flexibility index (Phi) is 5.52. The molecule has 1 aromatic heterocycles. The van der Waals surface area contributed by atoms with E-state index in [-0.39, 0.29) is 24.1 Å². The fourth-order valence-corrected chi connectivity index (χ4v) is 3.94. The maximum Gasteiger partial charge on any atom is 0.276 e. The summed E-state index contributed by atoms with van der Waals surface area (Å²) in [4.78, 5) is 17.0. The molecular weight excluding hydrogens is 369 g/mol. The van der Waals surface area contributed by atoms with E-state index in [0.717, 1.165) is 11.4 Å². The first-order chi connectivity index (χ1) is 12.8. The van der Waals surface area contributed by atoms with E-state index >= 15 is 0 Å². The number of halogens is 1. The van der Waals surface area contributed by atoms with Crippen molar-refractivity contribution >= 4 is 28.5 Å². The number of benzene rings is 1. The van der Waals surface area contributed by atoms with Gasteiger partial charge < -0.3 is 15.8 Å². The lowest BCUT2D eigenvalue weighted by Gasteiger charge is -2.30. The molecule has 1 aliphatic rings. The summed E-state index contributed by atoms with van der Waals surface area (Å²) in [5.74, 6) is 0.00924. The van der Waals surface area contributed by atoms with E-state index in [4.69, 9.17) is 10.5 Å². The summed E-state index contributed by atoms with van der Waals surface area (Å²) in [7, 11) is 1.56. The highest BCUT2D eigenvalue weighted by atomic mass is 32.2. The highest BCUT2D eigenvalue weighted by Gasteiger charge is 2.32. The Bertz CT molecular complexity index is 898. The van der Waals surface area contributed by atoms with Gasteiger partial charge in [-0.2, -0.15) is 5.10 Å². The summed E-state index contributed by atoms with van der Waals surface area (Å²) < 4.78 is 21.1. The molecule has 0 fully saturated rings. The maximum atomic E-state index is 14.5. The minimum Gasteiger partial charge on any atom is -0.379 e. The molecule has 27 heavy (non-hydrogen) atoms. The van der Waals surface area contributed by atoms with Crippen molar-refractivity contribution < 1.29 is 13.9 Å². The van der Waals surface area contributed by atoms with Crippen LogP contribution in [0.2, 0.25) is 0 Å². The SMILES string of the molecule is COCn1nc(C(=O)Nc2ccc(F)c([C@]3(C)CCSC(N)=N3)c2)cc1C. The van der Waals surface area contributed by atoms with Gasteiger partial charge in [0, 0.05) is 29.8 Å². The van der Waals surface area contributed by atoms with Gasteiger partial charge >= 0.3 is 0 Å². The number of thioether (sulfide) groups is 1. The molecule has 0 aliphatic carbocycles. The monoisotopic (exact) mass is 391 g/mol. The summed E-state index contributed by atoms with van der Waals surface area (Å²) in [5.41, 5.74) is 7.03. The topological polar surface area (TPSA) is 94.5 Å². The van der Waals surface area contributed by atoms with Gasteiger partial charge in [-0.05, 0) is 44.5 Å². The molecule has 0 bridgehead atoms. The molecule has 0 radical (unpaired) electrons. The van der Waals surface area contributed by atoms with Gasteiger partial charge in [0.25, 0.3) is 5.91 Å². The van der Waals surface area contributed by atoms with Crippen LogP contribution < -0.4 is 11.1 Å². The summed E-state index contributed by atoms with van der Waals surface area (Å²) in [5, 5.41) is 7.42. The van der Waals surface area contributed by atoms with Gasteiger partial charge in [0.15, 0.2) is 10.9 Å². The van der Waals surface area contributed by atoms with Crippen LogP contribution in [0.4, 0.5) is 10.1 Å². The van der Waals surface area contributed by atoms with E-state index in [2.05, 4.69) is 15.4 Å². The van der Waals surface area contributed by atoms with E-state index in [1.165, 1.54) is 23.9 Å². The zero-order chi connectivity index (χ0) is 19.6. The molecule has 0 saturated heterocycles. The Morgan fingerprint density at radius 2 is 2.26 bits per heavy atom. The van der Waals surface area contributed by atoms with E-state index in [9.17, 15) is 9.18 Å². The molecular formula is C18H22FN5O2S. The standard InChI is InChI=1S/C18H22FN5O2S/c1-11-8-15(23-24(11)10-26-3)16(25)21-12-4-5-14(19)13(9-12)18(2)6-7-27-17(20)22-18/h4-5,8-9H,6-7,10H2,1-3H3,(H2,20,22)(H,21,25)/t18-/m0/s1. The van der Waals surface area contributed by atoms with E-state index < -0.39 is 5.54 Å². The third kappa shape index (κ3) is 4.14. The summed E-state index contributed by atoms with van der Waals surface area (Å²) in [6.07, 6.45) is 0.660. The molecule has 1 amide bonds. The Morgan fingerprint density at radius 3 is 2.96 bits per heavy atom. The average molecular weight is 391 g/mol. The molecule has 0 spiro atoms. The predicted molar refractivity (Wildman–Crippen MR) is 104 cm³/mol. The molecule has 7 nitrogen and oxygen atoms in total. The van der Waals surface area contributed by atoms with Gasteiger partial charge in [-0.3, -0.25) is 9.79 Å². The number of aromatic nitrogens is 2. The lowest BCUT2D eigenvalue weighted by molar-refractivity contribution is 0.101. The quantitative estimate of drug-likeness (QED) is 0.817. The Hall–Kier alpha value is -2.39. The minimum absolute atomic E-state index is 0.260. The van der Waals surface area contributed by atoms with Crippen LogP contribution in [-0.4, -0.2) is 33.7 Å². The first kappa shape index (κ1) is 19.4. The van der Waals surface area contributed by atoms with Crippen molar-refractivity contribution in [3.8, 4) is 0 Å². The molecule has 9 heteroatoms. The number of rotatable bonds is 5. The summed E-state index contributed by atoms with van der Waals surface area (Å²) in [6.45, 7) is 3.94. The number of nitrogens with two attached hydrogens (primary N) is 1. The van der Waals surface area contributed by atoms with Gasteiger partial charge in [-0.15, -0.1) is 0 Å². The number of nitrogens with one attached hydrogen (secondary N) is 1. The number of anilines is 1. The number of aliphatic imine (C=N–C) groups is 1. The van der Waals surface area contributed by atoms with Crippen LogP contribution in [0.5, 0.6) is 0 Å². The number of amidine groups is 1. The Labute approximate surface area is 161 Å². The van der Waals surface area contributed by atoms with Crippen molar-refractivity contribution in [1.29, 1.82) is 0 Å². The van der Waals surface area contributed by atoms with Crippen LogP contribution in [0.25, 0.3) is 0 Å². The molecule has 3 N–H and O–H groups in total. The van der Waals surface area contributed by atoms with Crippen LogP contribution in [-0.2, 0) is 17.0 Å². The minimum atomic E-state index is -0.753. The van der Waals surface area contributed by atoms with Crippen molar-refractivity contribution in [2.75, 3.05) is 18.2 Å². The van der Waals surface area contributed by atoms with Gasteiger partial charge in [0.2, 0.25) is 0 Å². The van der Waals surface area contributed by atoms with E-state index in [1.54, 1.807) is 23.9 Å². The highest BCUT2D eigenvalue weighted by Crippen LogP contribution is 2.37. The second kappa shape index (κ2) is 7.69. The molecule has 3 rings (SSSR count). The zero-order valence-corrected chi connectivity index (χ0v) is 16.3. The molecule has 144 valence electrons. The number of nitrogens with zero attached hydrogens (tertiary/aromatic N) is 3. The van der Waals surface area contributed by atoms with Crippen molar-refractivity contribution in [1.82, 2.24) is 9.78 Å². The number of carbonyl (C=O) groups excluding carboxylic acids is 1. The third-order valence-corrected chi connectivity index (χ3v) is 5.26. The normalized spacial score (nSPS) is 19.6. The second-order valence-corrected chi connectivity index (χ2v) is 7.67. The van der Waals surface area contributed by atoms with Crippen LogP contribution in [0.3, 0.4) is 0 Å². The molecule has 1 aliphatic heterocycles. The highest BCUT2D eigenvalue weighted by molar-refractivity contribution is 8.13. The van der Waals surface area contributed by atoms with Gasteiger partial charge in [0.1, 0.15) is 12.5 Å². The fourth-order valence-electron chi connectivity index (χ4n) is 2.97. The summed E-state index contributed by atoms with van der Waals surface area (Å²) in [6, 6.07) is 6.13. The van der Waals surface area contributed by atoms with Crippen molar-refractivity contribution in [3.05, 3.63) is 47.0 Å². The third-order valence-electron chi connectivity index (χ3n) is 4.47. The lowest BCUT2D eigenvalue weighted by atomic mass is 9.89. The average Bonchev–Trinajstić information content (AvgIpc) is 2.97. The zero-order valence-electron chi connectivity index (χ0n) is 15.5. The number of carbonyl (C=O) groups is 1. The Morgan fingerprint density at radius 1 is 1.48 bits per heavy atom. The molecule has 1 aromatic carbocycles. The van der Waals surface area contributed by atoms with Gasteiger partial charge in [0.05, 0.1) is 5.54 Å². The molecule has 2 aromatic rings. The van der Waals surface area contributed by atoms with Crippen LogP contribution in [0, 0.1) is 12.7 Å². The van der Waals surface area contributed by atoms with Crippen LogP contribution in [0.1, 0.15) is 35.1 Å². The number of ether oxygens (including phenoxy) is 1. The number of amides is 1. The first-order valence-corrected chi connectivity index (χ1v) is 9.44. The van der Waals surface area contributed by atoms with Crippen LogP contribution in [0.15, 0.2) is 29.3 Å². The van der Waals surface area contributed by atoms with E-state index in [0.29, 0.717) is 22.8 Å². The van der Waals surface area contributed by atoms with Gasteiger partial charge in [-0.1, -0.05) is 11.8 Å². The molecule has 2 heterocycles. The molecule has 0 saturated carbocycles. The van der Waals surface area contributed by atoms with Crippen molar-refractivity contribution in [2.24, 2.45) is 10.7 Å². The summed E-state index contributed by atoms with van der Waals surface area (Å²) >= 11 is 1.46. The van der Waals surface area contributed by atoms with Gasteiger partial charge in [-0.25, -0.2) is 9.07 Å². The number of hydrogen-bond acceptors (Lipinski definition) is 6. The predicted octanol–water partition coefficient (Wildman–Crippen LogP) is 2.85. The smallest absolute Gasteiger partial charge is 0.276 e. The number of hydrogen-bond donors (Lipinski definition) is 2. The Balaban J connectivity index is 1.85. The maximum absolute atomic E-state index is 14.5. The van der Waals surface area contributed by atoms with Crippen molar-refractivity contribution in [3.63, 3.8) is 0 Å². The largest absolute Gasteiger partial charge is 0.379 e. The molecule has 0 unspecified atom stereocenters. The van der Waals surface area contributed by atoms with Crippen molar-refractivity contribution in [2.45, 2.75) is 32.5 Å².